The summed E-state index contributed by atoms with van der Waals surface area (Å²) in [5.74, 6) is 0.732. The maximum Gasteiger partial charge on any atom is 0.183 e. The van der Waals surface area contributed by atoms with E-state index in [2.05, 4.69) is 31.5 Å². The molecule has 0 unspecified atom stereocenters. The molecule has 0 saturated carbocycles. The molecule has 108 valence electrons. The van der Waals surface area contributed by atoms with Crippen molar-refractivity contribution in [2.45, 2.75) is 25.8 Å². The van der Waals surface area contributed by atoms with E-state index in [1.54, 1.807) is 7.11 Å². The Morgan fingerprint density at radius 2 is 2.15 bits per heavy atom. The average Bonchev–Trinajstić information content (AvgIpc) is 2.89. The first-order chi connectivity index (χ1) is 9.72. The lowest BCUT2D eigenvalue weighted by atomic mass is 10.2. The van der Waals surface area contributed by atoms with Crippen LogP contribution in [0.15, 0.2) is 22.7 Å². The van der Waals surface area contributed by atoms with Gasteiger partial charge in [-0.2, -0.15) is 0 Å². The lowest BCUT2D eigenvalue weighted by Crippen LogP contribution is -2.04. The fourth-order valence-corrected chi connectivity index (χ4v) is 2.37. The van der Waals surface area contributed by atoms with Crippen molar-refractivity contribution in [1.29, 1.82) is 0 Å². The lowest BCUT2D eigenvalue weighted by Gasteiger charge is -2.07. The second-order valence-electron chi connectivity index (χ2n) is 4.52. The maximum atomic E-state index is 5.83. The topological polar surface area (TPSA) is 78.8 Å². The fraction of sp³-hybridized carbons (Fsp3) is 0.462. The van der Waals surface area contributed by atoms with Crippen LogP contribution >= 0.6 is 15.9 Å². The van der Waals surface area contributed by atoms with Gasteiger partial charge in [0.05, 0.1) is 0 Å². The minimum Gasteiger partial charge on any atom is -0.399 e. The smallest absolute Gasteiger partial charge is 0.183 e. The Bertz CT molecular complexity index is 557. The first-order valence-corrected chi connectivity index (χ1v) is 7.32. The number of nitrogen functional groups attached to an aromatic ring is 1. The van der Waals surface area contributed by atoms with Crippen LogP contribution in [-0.4, -0.2) is 33.9 Å². The zero-order valence-corrected chi connectivity index (χ0v) is 13.0. The van der Waals surface area contributed by atoms with Gasteiger partial charge in [-0.05, 0) is 47.9 Å². The Labute approximate surface area is 126 Å². The van der Waals surface area contributed by atoms with Crippen LogP contribution in [0, 0.1) is 0 Å². The number of hydrogen-bond donors (Lipinski definition) is 1. The third kappa shape index (κ3) is 3.77. The minimum absolute atomic E-state index is 0.692. The number of ether oxygens (including phenoxy) is 1. The summed E-state index contributed by atoms with van der Waals surface area (Å²) >= 11 is 3.51. The number of aromatic nitrogens is 4. The van der Waals surface area contributed by atoms with Crippen LogP contribution in [0.1, 0.15) is 19.3 Å². The molecule has 1 aromatic carbocycles. The summed E-state index contributed by atoms with van der Waals surface area (Å²) in [6.45, 7) is 1.58. The molecule has 7 heteroatoms. The molecule has 1 aromatic heterocycles. The number of tetrazole rings is 1. The highest BCUT2D eigenvalue weighted by Gasteiger charge is 2.12. The van der Waals surface area contributed by atoms with E-state index >= 15 is 0 Å². The van der Waals surface area contributed by atoms with E-state index in [9.17, 15) is 0 Å². The number of unbranched alkanes of at least 4 members (excludes halogenated alkanes) is 2. The summed E-state index contributed by atoms with van der Waals surface area (Å²) < 4.78 is 7.78. The van der Waals surface area contributed by atoms with Gasteiger partial charge in [-0.25, -0.2) is 4.68 Å². The van der Waals surface area contributed by atoms with Gasteiger partial charge >= 0.3 is 0 Å². The van der Waals surface area contributed by atoms with Crippen molar-refractivity contribution in [3.8, 4) is 11.4 Å². The molecular formula is C13H18BrN5O. The summed E-state index contributed by atoms with van der Waals surface area (Å²) in [7, 11) is 1.72. The van der Waals surface area contributed by atoms with Gasteiger partial charge in [0.15, 0.2) is 5.82 Å². The largest absolute Gasteiger partial charge is 0.399 e. The number of methoxy groups -OCH3 is 1. The summed E-state index contributed by atoms with van der Waals surface area (Å²) in [4.78, 5) is 0. The number of halogens is 1. The zero-order chi connectivity index (χ0) is 14.4. The molecule has 2 aromatic rings. The van der Waals surface area contributed by atoms with Crippen LogP contribution in [-0.2, 0) is 11.3 Å². The molecule has 0 radical (unpaired) electrons. The second-order valence-corrected chi connectivity index (χ2v) is 5.37. The van der Waals surface area contributed by atoms with E-state index < -0.39 is 0 Å². The Morgan fingerprint density at radius 3 is 2.95 bits per heavy atom. The molecule has 2 rings (SSSR count). The summed E-state index contributed by atoms with van der Waals surface area (Å²) in [5, 5.41) is 11.9. The predicted molar refractivity (Wildman–Crippen MR) is 81.1 cm³/mol. The summed E-state index contributed by atoms with van der Waals surface area (Å²) in [6, 6.07) is 5.62. The Balaban J connectivity index is 2.06. The predicted octanol–water partition coefficient (Wildman–Crippen LogP) is 2.50. The Hall–Kier alpha value is -1.47. The van der Waals surface area contributed by atoms with Crippen molar-refractivity contribution in [2.75, 3.05) is 19.5 Å². The quantitative estimate of drug-likeness (QED) is 0.619. The lowest BCUT2D eigenvalue weighted by molar-refractivity contribution is 0.191. The molecule has 20 heavy (non-hydrogen) atoms. The number of rotatable bonds is 7. The zero-order valence-electron chi connectivity index (χ0n) is 11.4. The standard InChI is InChI=1S/C13H18BrN5O/c1-20-8-4-2-3-7-19-13(16-17-18-19)11-9-10(15)5-6-12(11)14/h5-6,9H,2-4,7-8,15H2,1H3. The number of anilines is 1. The van der Waals surface area contributed by atoms with Crippen molar-refractivity contribution >= 4 is 21.6 Å². The van der Waals surface area contributed by atoms with Crippen LogP contribution in [0.3, 0.4) is 0 Å². The monoisotopic (exact) mass is 339 g/mol. The van der Waals surface area contributed by atoms with E-state index in [1.807, 2.05) is 22.9 Å². The highest BCUT2D eigenvalue weighted by atomic mass is 79.9. The number of nitrogens with two attached hydrogens (primary N) is 1. The average molecular weight is 340 g/mol. The molecule has 0 saturated heterocycles. The number of aryl methyl sites for hydroxylation is 1. The van der Waals surface area contributed by atoms with Crippen LogP contribution in [0.5, 0.6) is 0 Å². The molecule has 0 bridgehead atoms. The molecule has 2 N–H and O–H groups in total. The van der Waals surface area contributed by atoms with Gasteiger partial charge in [-0.3, -0.25) is 0 Å². The molecule has 6 nitrogen and oxygen atoms in total. The van der Waals surface area contributed by atoms with Crippen molar-refractivity contribution in [3.05, 3.63) is 22.7 Å². The highest BCUT2D eigenvalue weighted by molar-refractivity contribution is 9.10. The Morgan fingerprint density at radius 1 is 1.30 bits per heavy atom. The minimum atomic E-state index is 0.692. The van der Waals surface area contributed by atoms with Gasteiger partial charge in [0.2, 0.25) is 0 Å². The van der Waals surface area contributed by atoms with Crippen molar-refractivity contribution < 1.29 is 4.74 Å². The molecule has 0 aliphatic rings. The van der Waals surface area contributed by atoms with Crippen LogP contribution in [0.25, 0.3) is 11.4 Å². The molecule has 1 heterocycles. The van der Waals surface area contributed by atoms with Crippen LogP contribution in [0.4, 0.5) is 5.69 Å². The van der Waals surface area contributed by atoms with Gasteiger partial charge in [0, 0.05) is 36.0 Å². The van der Waals surface area contributed by atoms with E-state index in [4.69, 9.17) is 10.5 Å². The SMILES string of the molecule is COCCCCCn1nnnc1-c1cc(N)ccc1Br. The molecule has 0 amide bonds. The first-order valence-electron chi connectivity index (χ1n) is 6.53. The third-order valence-corrected chi connectivity index (χ3v) is 3.67. The summed E-state index contributed by atoms with van der Waals surface area (Å²) in [6.07, 6.45) is 3.16. The maximum absolute atomic E-state index is 5.83. The molecule has 0 aliphatic heterocycles. The van der Waals surface area contributed by atoms with Crippen molar-refractivity contribution in [3.63, 3.8) is 0 Å². The first kappa shape index (κ1) is 14.9. The number of nitrogens with zero attached hydrogens (tertiary/aromatic N) is 4. The van der Waals surface area contributed by atoms with Gasteiger partial charge in [-0.1, -0.05) is 15.9 Å². The molecule has 0 spiro atoms. The van der Waals surface area contributed by atoms with Crippen LogP contribution < -0.4 is 5.73 Å². The highest BCUT2D eigenvalue weighted by Crippen LogP contribution is 2.28. The molecular weight excluding hydrogens is 322 g/mol. The number of hydrogen-bond acceptors (Lipinski definition) is 5. The number of benzene rings is 1. The fourth-order valence-electron chi connectivity index (χ4n) is 1.95. The second kappa shape index (κ2) is 7.35. The molecule has 0 aliphatic carbocycles. The van der Waals surface area contributed by atoms with Gasteiger partial charge in [0.25, 0.3) is 0 Å². The van der Waals surface area contributed by atoms with Gasteiger partial charge in [0.1, 0.15) is 0 Å². The Kier molecular flexibility index (Phi) is 5.49. The van der Waals surface area contributed by atoms with E-state index in [0.29, 0.717) is 5.69 Å². The molecule has 0 fully saturated rings. The van der Waals surface area contributed by atoms with Gasteiger partial charge < -0.3 is 10.5 Å². The third-order valence-electron chi connectivity index (χ3n) is 2.98. The molecule has 0 atom stereocenters. The van der Waals surface area contributed by atoms with Crippen molar-refractivity contribution in [2.24, 2.45) is 0 Å². The van der Waals surface area contributed by atoms with Crippen molar-refractivity contribution in [1.82, 2.24) is 20.2 Å². The van der Waals surface area contributed by atoms with E-state index in [0.717, 1.165) is 48.3 Å². The van der Waals surface area contributed by atoms with E-state index in [-0.39, 0.29) is 0 Å². The van der Waals surface area contributed by atoms with Crippen LogP contribution in [0.2, 0.25) is 0 Å². The summed E-state index contributed by atoms with van der Waals surface area (Å²) in [5.41, 5.74) is 7.43. The normalized spacial score (nSPS) is 10.9. The van der Waals surface area contributed by atoms with Gasteiger partial charge in [-0.15, -0.1) is 5.10 Å². The van der Waals surface area contributed by atoms with E-state index in [1.165, 1.54) is 0 Å².